The van der Waals surface area contributed by atoms with Gasteiger partial charge in [-0.1, -0.05) is 6.07 Å². The SMILES string of the molecule is Cn1nc(C(=O)N2CCCC2)c2c1CN(Cc1cccs1)C2. The van der Waals surface area contributed by atoms with Crippen LogP contribution < -0.4 is 0 Å². The Hall–Kier alpha value is -1.66. The molecule has 0 aromatic carbocycles. The number of aryl methyl sites for hydroxylation is 1. The molecule has 1 fully saturated rings. The first-order chi connectivity index (χ1) is 10.7. The van der Waals surface area contributed by atoms with Gasteiger partial charge >= 0.3 is 0 Å². The molecule has 0 saturated carbocycles. The largest absolute Gasteiger partial charge is 0.337 e. The molecule has 2 aromatic heterocycles. The third kappa shape index (κ3) is 2.36. The van der Waals surface area contributed by atoms with E-state index in [9.17, 15) is 4.79 Å². The number of hydrogen-bond acceptors (Lipinski definition) is 4. The molecule has 0 N–H and O–H groups in total. The van der Waals surface area contributed by atoms with E-state index in [0.29, 0.717) is 5.69 Å². The van der Waals surface area contributed by atoms with Gasteiger partial charge in [-0.15, -0.1) is 11.3 Å². The molecule has 22 heavy (non-hydrogen) atoms. The summed E-state index contributed by atoms with van der Waals surface area (Å²) in [6, 6.07) is 4.26. The van der Waals surface area contributed by atoms with E-state index < -0.39 is 0 Å². The van der Waals surface area contributed by atoms with Crippen LogP contribution in [0.1, 0.15) is 39.5 Å². The highest BCUT2D eigenvalue weighted by molar-refractivity contribution is 7.09. The summed E-state index contributed by atoms with van der Waals surface area (Å²) in [6.45, 7) is 4.41. The highest BCUT2D eigenvalue weighted by Crippen LogP contribution is 2.29. The monoisotopic (exact) mass is 316 g/mol. The van der Waals surface area contributed by atoms with Gasteiger partial charge in [0.15, 0.2) is 5.69 Å². The highest BCUT2D eigenvalue weighted by Gasteiger charge is 2.32. The van der Waals surface area contributed by atoms with Crippen LogP contribution in [0.2, 0.25) is 0 Å². The van der Waals surface area contributed by atoms with Crippen LogP contribution in [0.4, 0.5) is 0 Å². The molecule has 4 heterocycles. The van der Waals surface area contributed by atoms with Crippen molar-refractivity contribution in [2.75, 3.05) is 13.1 Å². The fraction of sp³-hybridized carbons (Fsp3) is 0.500. The lowest BCUT2D eigenvalue weighted by atomic mass is 10.2. The van der Waals surface area contributed by atoms with Crippen molar-refractivity contribution in [3.8, 4) is 0 Å². The molecule has 0 unspecified atom stereocenters. The summed E-state index contributed by atoms with van der Waals surface area (Å²) in [5.74, 6) is 0.118. The standard InChI is InChI=1S/C16H20N4OS/c1-18-14-11-19(9-12-5-4-8-22-12)10-13(14)15(17-18)16(21)20-6-2-3-7-20/h4-5,8H,2-3,6-7,9-11H2,1H3. The number of hydrogen-bond donors (Lipinski definition) is 0. The normalized spacial score (nSPS) is 18.1. The second-order valence-electron chi connectivity index (χ2n) is 6.12. The van der Waals surface area contributed by atoms with Crippen molar-refractivity contribution in [3.05, 3.63) is 39.3 Å². The van der Waals surface area contributed by atoms with Crippen LogP contribution in [-0.4, -0.2) is 38.6 Å². The zero-order chi connectivity index (χ0) is 15.1. The molecular formula is C16H20N4OS. The van der Waals surface area contributed by atoms with E-state index in [0.717, 1.165) is 51.1 Å². The fourth-order valence-electron chi connectivity index (χ4n) is 3.43. The van der Waals surface area contributed by atoms with Crippen molar-refractivity contribution >= 4 is 17.2 Å². The van der Waals surface area contributed by atoms with Gasteiger partial charge in [-0.05, 0) is 24.3 Å². The van der Waals surface area contributed by atoms with Gasteiger partial charge in [-0.25, -0.2) is 0 Å². The van der Waals surface area contributed by atoms with Crippen LogP contribution in [0.5, 0.6) is 0 Å². The zero-order valence-corrected chi connectivity index (χ0v) is 13.6. The van der Waals surface area contributed by atoms with E-state index in [4.69, 9.17) is 0 Å². The molecule has 0 aliphatic carbocycles. The number of fused-ring (bicyclic) bond motifs is 1. The van der Waals surface area contributed by atoms with Gasteiger partial charge < -0.3 is 4.90 Å². The second kappa shape index (κ2) is 5.52. The third-order valence-electron chi connectivity index (χ3n) is 4.59. The number of carbonyl (C=O) groups excluding carboxylic acids is 1. The summed E-state index contributed by atoms with van der Waals surface area (Å²) in [4.78, 5) is 18.4. The Morgan fingerprint density at radius 3 is 2.86 bits per heavy atom. The van der Waals surface area contributed by atoms with Gasteiger partial charge in [-0.3, -0.25) is 14.4 Å². The molecule has 4 rings (SSSR count). The number of rotatable bonds is 3. The molecule has 116 valence electrons. The van der Waals surface area contributed by atoms with Crippen molar-refractivity contribution in [2.45, 2.75) is 32.5 Å². The minimum Gasteiger partial charge on any atom is -0.337 e. The first-order valence-corrected chi connectivity index (χ1v) is 8.69. The molecular weight excluding hydrogens is 296 g/mol. The molecule has 0 spiro atoms. The van der Waals surface area contributed by atoms with E-state index in [-0.39, 0.29) is 5.91 Å². The summed E-state index contributed by atoms with van der Waals surface area (Å²) in [5, 5.41) is 6.62. The van der Waals surface area contributed by atoms with Crippen molar-refractivity contribution < 1.29 is 4.79 Å². The lowest BCUT2D eigenvalue weighted by Crippen LogP contribution is -2.29. The molecule has 5 nitrogen and oxygen atoms in total. The molecule has 0 atom stereocenters. The molecule has 6 heteroatoms. The number of aromatic nitrogens is 2. The molecule has 1 amide bonds. The summed E-state index contributed by atoms with van der Waals surface area (Å²) in [7, 11) is 1.95. The third-order valence-corrected chi connectivity index (χ3v) is 5.45. The Kier molecular flexibility index (Phi) is 3.50. The summed E-state index contributed by atoms with van der Waals surface area (Å²) < 4.78 is 1.90. The summed E-state index contributed by atoms with van der Waals surface area (Å²) in [6.07, 6.45) is 2.23. The molecule has 2 aromatic rings. The van der Waals surface area contributed by atoms with Gasteiger partial charge in [0, 0.05) is 50.2 Å². The summed E-state index contributed by atoms with van der Waals surface area (Å²) >= 11 is 1.79. The van der Waals surface area contributed by atoms with Crippen molar-refractivity contribution in [1.82, 2.24) is 19.6 Å². The Bertz CT molecular complexity index is 685. The fourth-order valence-corrected chi connectivity index (χ4v) is 4.18. The van der Waals surface area contributed by atoms with Crippen molar-refractivity contribution in [2.24, 2.45) is 7.05 Å². The van der Waals surface area contributed by atoms with Crippen LogP contribution in [0.3, 0.4) is 0 Å². The predicted molar refractivity (Wildman–Crippen MR) is 85.6 cm³/mol. The lowest BCUT2D eigenvalue weighted by Gasteiger charge is -2.16. The average Bonchev–Trinajstić information content (AvgIpc) is 3.25. The van der Waals surface area contributed by atoms with Gasteiger partial charge in [0.25, 0.3) is 5.91 Å². The quantitative estimate of drug-likeness (QED) is 0.872. The molecule has 0 bridgehead atoms. The number of amides is 1. The van der Waals surface area contributed by atoms with Gasteiger partial charge in [-0.2, -0.15) is 5.10 Å². The molecule has 2 aliphatic rings. The van der Waals surface area contributed by atoms with Crippen LogP contribution in [0.15, 0.2) is 17.5 Å². The van der Waals surface area contributed by atoms with Crippen LogP contribution in [0, 0.1) is 0 Å². The molecule has 1 saturated heterocycles. The van der Waals surface area contributed by atoms with Gasteiger partial charge in [0.05, 0.1) is 5.69 Å². The Morgan fingerprint density at radius 2 is 2.14 bits per heavy atom. The Morgan fingerprint density at radius 1 is 1.32 bits per heavy atom. The maximum atomic E-state index is 12.7. The van der Waals surface area contributed by atoms with Crippen LogP contribution >= 0.6 is 11.3 Å². The minimum atomic E-state index is 0.118. The number of carbonyl (C=O) groups is 1. The second-order valence-corrected chi connectivity index (χ2v) is 7.15. The predicted octanol–water partition coefficient (Wildman–Crippen LogP) is 2.23. The molecule has 0 radical (unpaired) electrons. The van der Waals surface area contributed by atoms with Crippen molar-refractivity contribution in [3.63, 3.8) is 0 Å². The van der Waals surface area contributed by atoms with E-state index >= 15 is 0 Å². The average molecular weight is 316 g/mol. The minimum absolute atomic E-state index is 0.118. The first-order valence-electron chi connectivity index (χ1n) is 7.81. The number of nitrogens with zero attached hydrogens (tertiary/aromatic N) is 4. The maximum Gasteiger partial charge on any atom is 0.274 e. The van der Waals surface area contributed by atoms with E-state index in [2.05, 4.69) is 27.5 Å². The molecule has 2 aliphatic heterocycles. The van der Waals surface area contributed by atoms with Crippen LogP contribution in [-0.2, 0) is 26.7 Å². The first kappa shape index (κ1) is 14.0. The van der Waals surface area contributed by atoms with Gasteiger partial charge in [0.2, 0.25) is 0 Å². The van der Waals surface area contributed by atoms with E-state index in [1.165, 1.54) is 10.6 Å². The number of thiophene rings is 1. The van der Waals surface area contributed by atoms with Crippen molar-refractivity contribution in [1.29, 1.82) is 0 Å². The Balaban J connectivity index is 1.55. The van der Waals surface area contributed by atoms with E-state index in [1.54, 1.807) is 11.3 Å². The summed E-state index contributed by atoms with van der Waals surface area (Å²) in [5.41, 5.74) is 3.00. The highest BCUT2D eigenvalue weighted by atomic mass is 32.1. The zero-order valence-electron chi connectivity index (χ0n) is 12.8. The van der Waals surface area contributed by atoms with Crippen LogP contribution in [0.25, 0.3) is 0 Å². The van der Waals surface area contributed by atoms with Gasteiger partial charge in [0.1, 0.15) is 0 Å². The Labute approximate surface area is 134 Å². The lowest BCUT2D eigenvalue weighted by molar-refractivity contribution is 0.0784. The topological polar surface area (TPSA) is 41.4 Å². The maximum absolute atomic E-state index is 12.7. The smallest absolute Gasteiger partial charge is 0.274 e. The van der Waals surface area contributed by atoms with E-state index in [1.807, 2.05) is 16.6 Å². The number of likely N-dealkylation sites (tertiary alicyclic amines) is 1.